The van der Waals surface area contributed by atoms with Gasteiger partial charge in [0.25, 0.3) is 20.0 Å². The molecule has 0 atom stereocenters. The summed E-state index contributed by atoms with van der Waals surface area (Å²) in [5.41, 5.74) is 0.345. The maximum atomic E-state index is 12.6. The number of aromatic nitrogens is 1. The maximum Gasteiger partial charge on any atom is 0.267 e. The van der Waals surface area contributed by atoms with E-state index in [1.165, 1.54) is 24.4 Å². The first kappa shape index (κ1) is 19.0. The molecule has 0 saturated heterocycles. The molecule has 0 spiro atoms. The number of nitrogens with zero attached hydrogens (tertiary/aromatic N) is 1. The molecule has 0 unspecified atom stereocenters. The van der Waals surface area contributed by atoms with Crippen molar-refractivity contribution in [2.24, 2.45) is 0 Å². The molecule has 3 rings (SSSR count). The Morgan fingerprint density at radius 3 is 2.19 bits per heavy atom. The van der Waals surface area contributed by atoms with E-state index in [9.17, 15) is 16.8 Å². The highest BCUT2D eigenvalue weighted by Crippen LogP contribution is 2.21. The second-order valence-corrected chi connectivity index (χ2v) is 9.08. The SMILES string of the molecule is CCOc1ccc(NS(=O)(=O)c2ccn(S(=O)(=O)c3ccccc3)c2)cc1. The molecule has 0 aliphatic heterocycles. The predicted molar refractivity (Wildman–Crippen MR) is 102 cm³/mol. The quantitative estimate of drug-likeness (QED) is 0.651. The van der Waals surface area contributed by atoms with Crippen LogP contribution in [0.5, 0.6) is 5.75 Å². The monoisotopic (exact) mass is 406 g/mol. The van der Waals surface area contributed by atoms with Crippen LogP contribution < -0.4 is 9.46 Å². The summed E-state index contributed by atoms with van der Waals surface area (Å²) < 4.78 is 58.8. The van der Waals surface area contributed by atoms with Gasteiger partial charge in [0.05, 0.1) is 11.5 Å². The lowest BCUT2D eigenvalue weighted by atomic mass is 10.3. The van der Waals surface area contributed by atoms with E-state index in [-0.39, 0.29) is 9.79 Å². The van der Waals surface area contributed by atoms with Crippen molar-refractivity contribution in [1.29, 1.82) is 0 Å². The van der Waals surface area contributed by atoms with Gasteiger partial charge in [-0.05, 0) is 49.4 Å². The van der Waals surface area contributed by atoms with Gasteiger partial charge in [0.15, 0.2) is 0 Å². The minimum Gasteiger partial charge on any atom is -0.494 e. The Bertz CT molecular complexity index is 1120. The molecule has 2 aromatic carbocycles. The first-order valence-electron chi connectivity index (χ1n) is 8.07. The van der Waals surface area contributed by atoms with E-state index in [1.54, 1.807) is 42.5 Å². The largest absolute Gasteiger partial charge is 0.494 e. The van der Waals surface area contributed by atoms with Crippen LogP contribution in [-0.2, 0) is 20.0 Å². The van der Waals surface area contributed by atoms with Gasteiger partial charge in [-0.3, -0.25) is 4.72 Å². The Morgan fingerprint density at radius 1 is 0.889 bits per heavy atom. The second kappa shape index (κ2) is 7.45. The molecule has 0 amide bonds. The van der Waals surface area contributed by atoms with Crippen LogP contribution in [0.1, 0.15) is 6.92 Å². The molecule has 0 radical (unpaired) electrons. The smallest absolute Gasteiger partial charge is 0.267 e. The highest BCUT2D eigenvalue weighted by atomic mass is 32.2. The second-order valence-electron chi connectivity index (χ2n) is 5.56. The normalized spacial score (nSPS) is 11.9. The highest BCUT2D eigenvalue weighted by molar-refractivity contribution is 7.93. The van der Waals surface area contributed by atoms with Gasteiger partial charge < -0.3 is 4.74 Å². The maximum absolute atomic E-state index is 12.6. The van der Waals surface area contributed by atoms with Crippen molar-refractivity contribution in [3.8, 4) is 5.75 Å². The van der Waals surface area contributed by atoms with Crippen LogP contribution in [0.4, 0.5) is 5.69 Å². The molecule has 0 bridgehead atoms. The van der Waals surface area contributed by atoms with Gasteiger partial charge in [0.1, 0.15) is 10.6 Å². The van der Waals surface area contributed by atoms with Crippen LogP contribution in [0, 0.1) is 0 Å². The van der Waals surface area contributed by atoms with Gasteiger partial charge in [-0.2, -0.15) is 0 Å². The van der Waals surface area contributed by atoms with Crippen molar-refractivity contribution in [2.45, 2.75) is 16.7 Å². The number of rotatable bonds is 7. The van der Waals surface area contributed by atoms with Crippen LogP contribution in [0.3, 0.4) is 0 Å². The molecule has 0 saturated carbocycles. The minimum absolute atomic E-state index is 0.0732. The van der Waals surface area contributed by atoms with Gasteiger partial charge >= 0.3 is 0 Å². The van der Waals surface area contributed by atoms with E-state index in [4.69, 9.17) is 4.74 Å². The minimum atomic E-state index is -3.94. The molecule has 1 N–H and O–H groups in total. The summed E-state index contributed by atoms with van der Waals surface area (Å²) in [5.74, 6) is 0.626. The van der Waals surface area contributed by atoms with Gasteiger partial charge in [-0.1, -0.05) is 18.2 Å². The highest BCUT2D eigenvalue weighted by Gasteiger charge is 2.21. The third-order valence-corrected chi connectivity index (χ3v) is 6.70. The Hall–Kier alpha value is -2.78. The summed E-state index contributed by atoms with van der Waals surface area (Å²) in [6, 6.07) is 15.5. The number of hydrogen-bond donors (Lipinski definition) is 1. The summed E-state index contributed by atoms with van der Waals surface area (Å²) in [5, 5.41) is 0. The zero-order chi connectivity index (χ0) is 19.5. The number of anilines is 1. The number of hydrogen-bond acceptors (Lipinski definition) is 5. The zero-order valence-electron chi connectivity index (χ0n) is 14.4. The molecule has 27 heavy (non-hydrogen) atoms. The van der Waals surface area contributed by atoms with Crippen LogP contribution >= 0.6 is 0 Å². The predicted octanol–water partition coefficient (Wildman–Crippen LogP) is 2.92. The number of benzene rings is 2. The van der Waals surface area contributed by atoms with Crippen molar-refractivity contribution in [3.05, 3.63) is 73.1 Å². The molecular formula is C18H18N2O5S2. The molecule has 142 valence electrons. The van der Waals surface area contributed by atoms with Crippen LogP contribution in [0.2, 0.25) is 0 Å². The topological polar surface area (TPSA) is 94.5 Å². The molecule has 3 aromatic rings. The van der Waals surface area contributed by atoms with E-state index in [0.29, 0.717) is 18.0 Å². The molecule has 1 aromatic heterocycles. The molecule has 0 fully saturated rings. The lowest BCUT2D eigenvalue weighted by Crippen LogP contribution is -2.14. The number of sulfonamides is 1. The first-order chi connectivity index (χ1) is 12.8. The van der Waals surface area contributed by atoms with E-state index in [2.05, 4.69) is 4.72 Å². The zero-order valence-corrected chi connectivity index (χ0v) is 16.1. The average molecular weight is 406 g/mol. The molecular weight excluding hydrogens is 388 g/mol. The molecule has 0 aliphatic rings. The van der Waals surface area contributed by atoms with E-state index in [1.807, 2.05) is 6.92 Å². The lowest BCUT2D eigenvalue weighted by molar-refractivity contribution is 0.340. The van der Waals surface area contributed by atoms with Crippen molar-refractivity contribution in [3.63, 3.8) is 0 Å². The molecule has 9 heteroatoms. The van der Waals surface area contributed by atoms with Crippen LogP contribution in [0.25, 0.3) is 0 Å². The Labute approximate surface area is 158 Å². The number of ether oxygens (including phenoxy) is 1. The molecule has 7 nitrogen and oxygen atoms in total. The fraction of sp³-hybridized carbons (Fsp3) is 0.111. The van der Waals surface area contributed by atoms with Crippen molar-refractivity contribution in [1.82, 2.24) is 3.97 Å². The summed E-state index contributed by atoms with van der Waals surface area (Å²) in [4.78, 5) is -0.0834. The Morgan fingerprint density at radius 2 is 1.56 bits per heavy atom. The van der Waals surface area contributed by atoms with Gasteiger partial charge in [-0.25, -0.2) is 20.8 Å². The van der Waals surface area contributed by atoms with Crippen molar-refractivity contribution >= 4 is 25.7 Å². The van der Waals surface area contributed by atoms with Crippen LogP contribution in [0.15, 0.2) is 82.8 Å². The van der Waals surface area contributed by atoms with Crippen LogP contribution in [-0.4, -0.2) is 27.4 Å². The van der Waals surface area contributed by atoms with Gasteiger partial charge in [0, 0.05) is 18.1 Å². The molecule has 1 heterocycles. The van der Waals surface area contributed by atoms with Gasteiger partial charge in [-0.15, -0.1) is 0 Å². The average Bonchev–Trinajstić information content (AvgIpc) is 3.16. The first-order valence-corrected chi connectivity index (χ1v) is 11.0. The van der Waals surface area contributed by atoms with E-state index < -0.39 is 20.0 Å². The fourth-order valence-corrected chi connectivity index (χ4v) is 4.72. The summed E-state index contributed by atoms with van der Waals surface area (Å²) in [6.07, 6.45) is 2.27. The van der Waals surface area contributed by atoms with Gasteiger partial charge in [0.2, 0.25) is 0 Å². The molecule has 0 aliphatic carbocycles. The fourth-order valence-electron chi connectivity index (χ4n) is 2.38. The lowest BCUT2D eigenvalue weighted by Gasteiger charge is -2.08. The third kappa shape index (κ3) is 4.15. The van der Waals surface area contributed by atoms with Crippen molar-refractivity contribution in [2.75, 3.05) is 11.3 Å². The van der Waals surface area contributed by atoms with E-state index in [0.717, 1.165) is 10.2 Å². The summed E-state index contributed by atoms with van der Waals surface area (Å²) >= 11 is 0. The van der Waals surface area contributed by atoms with Crippen molar-refractivity contribution < 1.29 is 21.6 Å². The Balaban J connectivity index is 1.84. The summed E-state index contributed by atoms with van der Waals surface area (Å²) in [6.45, 7) is 2.36. The third-order valence-electron chi connectivity index (χ3n) is 3.69. The summed E-state index contributed by atoms with van der Waals surface area (Å²) in [7, 11) is -7.79. The van der Waals surface area contributed by atoms with E-state index >= 15 is 0 Å². The Kier molecular flexibility index (Phi) is 5.24. The number of nitrogens with one attached hydrogen (secondary N) is 1. The standard InChI is InChI=1S/C18H18N2O5S2/c1-2-25-16-10-8-15(9-11-16)19-26(21,22)18-12-13-20(14-18)27(23,24)17-6-4-3-5-7-17/h3-14,19H,2H2,1H3.